The number of hydrogen-bond donors (Lipinski definition) is 1. The molecule has 1 aliphatic heterocycles. The molecule has 11 heteroatoms. The number of aromatic nitrogens is 4. The second-order valence-corrected chi connectivity index (χ2v) is 6.76. The molecule has 0 unspecified atom stereocenters. The van der Waals surface area contributed by atoms with Crippen LogP contribution in [0, 0.1) is 11.7 Å². The minimum Gasteiger partial charge on any atom is -0.356 e. The van der Waals surface area contributed by atoms with Crippen LogP contribution in [0.4, 0.5) is 29.1 Å². The Labute approximate surface area is 162 Å². The Morgan fingerprint density at radius 1 is 1.17 bits per heavy atom. The van der Waals surface area contributed by atoms with Gasteiger partial charge >= 0.3 is 6.18 Å². The Hall–Kier alpha value is -3.24. The normalized spacial score (nSPS) is 15.7. The van der Waals surface area contributed by atoms with Gasteiger partial charge in [-0.05, 0) is 18.9 Å². The number of piperidine rings is 1. The van der Waals surface area contributed by atoms with E-state index in [1.165, 1.54) is 16.9 Å². The van der Waals surface area contributed by atoms with Crippen molar-refractivity contribution < 1.29 is 22.4 Å². The zero-order valence-corrected chi connectivity index (χ0v) is 15.0. The van der Waals surface area contributed by atoms with Gasteiger partial charge in [-0.2, -0.15) is 18.3 Å². The van der Waals surface area contributed by atoms with Crippen molar-refractivity contribution in [3.05, 3.63) is 48.3 Å². The fourth-order valence-corrected chi connectivity index (χ4v) is 3.31. The van der Waals surface area contributed by atoms with Crippen LogP contribution in [0.3, 0.4) is 0 Å². The third kappa shape index (κ3) is 3.98. The molecule has 4 heterocycles. The smallest absolute Gasteiger partial charge is 0.356 e. The van der Waals surface area contributed by atoms with E-state index in [4.69, 9.17) is 0 Å². The highest BCUT2D eigenvalue weighted by atomic mass is 19.4. The molecular formula is C18H16F4N6O. The quantitative estimate of drug-likeness (QED) is 0.673. The molecule has 0 bridgehead atoms. The topological polar surface area (TPSA) is 75.4 Å². The van der Waals surface area contributed by atoms with E-state index in [-0.39, 0.29) is 42.8 Å². The molecule has 1 aliphatic rings. The van der Waals surface area contributed by atoms with Crippen LogP contribution in [-0.2, 0) is 0 Å². The fraction of sp³-hybridized carbons (Fsp3) is 0.333. The zero-order valence-electron chi connectivity index (χ0n) is 15.0. The van der Waals surface area contributed by atoms with Gasteiger partial charge in [0.25, 0.3) is 5.91 Å². The number of pyridine rings is 1. The van der Waals surface area contributed by atoms with Gasteiger partial charge in [0.05, 0.1) is 30.2 Å². The second kappa shape index (κ2) is 7.30. The third-order valence-corrected chi connectivity index (χ3v) is 4.84. The van der Waals surface area contributed by atoms with E-state index in [9.17, 15) is 22.4 Å². The van der Waals surface area contributed by atoms with Crippen molar-refractivity contribution in [2.75, 3.05) is 23.3 Å². The van der Waals surface area contributed by atoms with Crippen molar-refractivity contribution in [2.45, 2.75) is 19.0 Å². The zero-order chi connectivity index (χ0) is 20.6. The average Bonchev–Trinajstić information content (AvgIpc) is 3.11. The molecule has 0 aromatic carbocycles. The Kier molecular flexibility index (Phi) is 4.81. The van der Waals surface area contributed by atoms with Gasteiger partial charge in [0.2, 0.25) is 0 Å². The molecule has 1 amide bonds. The van der Waals surface area contributed by atoms with Crippen LogP contribution < -0.4 is 10.2 Å². The summed E-state index contributed by atoms with van der Waals surface area (Å²) in [4.78, 5) is 22.4. The summed E-state index contributed by atoms with van der Waals surface area (Å²) in [6.45, 7) is 0.440. The molecule has 0 saturated carbocycles. The highest BCUT2D eigenvalue weighted by Gasteiger charge is 2.41. The number of anilines is 2. The number of nitrogens with one attached hydrogen (secondary N) is 1. The number of amides is 1. The molecule has 3 aromatic heterocycles. The molecule has 4 rings (SSSR count). The van der Waals surface area contributed by atoms with Crippen molar-refractivity contribution in [3.63, 3.8) is 0 Å². The Morgan fingerprint density at radius 3 is 2.62 bits per heavy atom. The molecule has 1 N–H and O–H groups in total. The summed E-state index contributed by atoms with van der Waals surface area (Å²) in [5.41, 5.74) is 0.586. The van der Waals surface area contributed by atoms with Gasteiger partial charge in [-0.25, -0.2) is 13.9 Å². The van der Waals surface area contributed by atoms with E-state index in [0.29, 0.717) is 5.82 Å². The lowest BCUT2D eigenvalue weighted by molar-refractivity contribution is -0.179. The van der Waals surface area contributed by atoms with Crippen molar-refractivity contribution in [1.29, 1.82) is 0 Å². The van der Waals surface area contributed by atoms with Gasteiger partial charge in [-0.3, -0.25) is 9.78 Å². The van der Waals surface area contributed by atoms with Crippen molar-refractivity contribution in [1.82, 2.24) is 19.6 Å². The molecule has 0 spiro atoms. The largest absolute Gasteiger partial charge is 0.391 e. The summed E-state index contributed by atoms with van der Waals surface area (Å²) in [5.74, 6) is -1.98. The molecule has 3 aromatic rings. The molecule has 29 heavy (non-hydrogen) atoms. The standard InChI is InChI=1S/C18H16F4N6O/c19-12-7-13(9-23-8-12)25-17(29)14-10-24-28-6-3-15(26-16(14)28)27-4-1-11(2-5-27)18(20,21)22/h3,6-11H,1-2,4-5H2,(H,25,29). The number of alkyl halides is 3. The minimum atomic E-state index is -4.19. The predicted molar refractivity (Wildman–Crippen MR) is 96.1 cm³/mol. The summed E-state index contributed by atoms with van der Waals surface area (Å²) in [6, 6.07) is 2.77. The lowest BCUT2D eigenvalue weighted by atomic mass is 9.96. The number of nitrogens with zero attached hydrogens (tertiary/aromatic N) is 5. The van der Waals surface area contributed by atoms with Crippen LogP contribution in [-0.4, -0.2) is 44.8 Å². The number of fused-ring (bicyclic) bond motifs is 1. The first-order valence-corrected chi connectivity index (χ1v) is 8.89. The van der Waals surface area contributed by atoms with Gasteiger partial charge in [0.15, 0.2) is 5.65 Å². The van der Waals surface area contributed by atoms with Crippen LogP contribution in [0.5, 0.6) is 0 Å². The van der Waals surface area contributed by atoms with Crippen LogP contribution in [0.2, 0.25) is 0 Å². The molecule has 0 aliphatic carbocycles. The van der Waals surface area contributed by atoms with Gasteiger partial charge in [-0.1, -0.05) is 0 Å². The van der Waals surface area contributed by atoms with Gasteiger partial charge in [0.1, 0.15) is 17.2 Å². The molecule has 1 fully saturated rings. The van der Waals surface area contributed by atoms with Crippen LogP contribution in [0.1, 0.15) is 23.2 Å². The number of halogens is 4. The molecule has 1 saturated heterocycles. The number of carbonyl (C=O) groups excluding carboxylic acids is 1. The average molecular weight is 408 g/mol. The lowest BCUT2D eigenvalue weighted by Crippen LogP contribution is -2.39. The van der Waals surface area contributed by atoms with Crippen LogP contribution in [0.25, 0.3) is 5.65 Å². The lowest BCUT2D eigenvalue weighted by Gasteiger charge is -2.33. The first kappa shape index (κ1) is 19.1. The Bertz CT molecular complexity index is 1040. The highest BCUT2D eigenvalue weighted by molar-refractivity contribution is 6.08. The molecule has 152 valence electrons. The van der Waals surface area contributed by atoms with E-state index in [2.05, 4.69) is 20.4 Å². The highest BCUT2D eigenvalue weighted by Crippen LogP contribution is 2.35. The maximum Gasteiger partial charge on any atom is 0.391 e. The molecule has 0 atom stereocenters. The third-order valence-electron chi connectivity index (χ3n) is 4.84. The maximum atomic E-state index is 13.3. The fourth-order valence-electron chi connectivity index (χ4n) is 3.31. The van der Waals surface area contributed by atoms with Crippen molar-refractivity contribution in [2.24, 2.45) is 5.92 Å². The molecular weight excluding hydrogens is 392 g/mol. The summed E-state index contributed by atoms with van der Waals surface area (Å²) < 4.78 is 53.2. The monoisotopic (exact) mass is 408 g/mol. The first-order valence-electron chi connectivity index (χ1n) is 8.89. The number of hydrogen-bond acceptors (Lipinski definition) is 5. The van der Waals surface area contributed by atoms with Gasteiger partial charge < -0.3 is 10.2 Å². The summed E-state index contributed by atoms with van der Waals surface area (Å²) in [7, 11) is 0. The number of carbonyl (C=O) groups is 1. The summed E-state index contributed by atoms with van der Waals surface area (Å²) in [5, 5.41) is 6.59. The van der Waals surface area contributed by atoms with Crippen molar-refractivity contribution in [3.8, 4) is 0 Å². The molecule has 7 nitrogen and oxygen atoms in total. The summed E-state index contributed by atoms with van der Waals surface area (Å²) in [6.07, 6.45) is 1.03. The SMILES string of the molecule is O=C(Nc1cncc(F)c1)c1cnn2ccc(N3CCC(C(F)(F)F)CC3)nc12. The van der Waals surface area contributed by atoms with E-state index in [1.54, 1.807) is 17.2 Å². The predicted octanol–water partition coefficient (Wildman–Crippen LogP) is 3.29. The van der Waals surface area contributed by atoms with Gasteiger partial charge in [-0.15, -0.1) is 0 Å². The first-order chi connectivity index (χ1) is 13.8. The number of rotatable bonds is 3. The Balaban J connectivity index is 1.54. The van der Waals surface area contributed by atoms with Crippen LogP contribution >= 0.6 is 0 Å². The van der Waals surface area contributed by atoms with Crippen molar-refractivity contribution >= 4 is 23.1 Å². The van der Waals surface area contributed by atoms with E-state index in [1.807, 2.05) is 0 Å². The minimum absolute atomic E-state index is 0.00443. The van der Waals surface area contributed by atoms with Gasteiger partial charge in [0, 0.05) is 25.4 Å². The van der Waals surface area contributed by atoms with E-state index < -0.39 is 23.8 Å². The van der Waals surface area contributed by atoms with Crippen LogP contribution in [0.15, 0.2) is 36.9 Å². The van der Waals surface area contributed by atoms with E-state index in [0.717, 1.165) is 12.3 Å². The Morgan fingerprint density at radius 2 is 1.93 bits per heavy atom. The summed E-state index contributed by atoms with van der Waals surface area (Å²) >= 11 is 0. The van der Waals surface area contributed by atoms with E-state index >= 15 is 0 Å². The maximum absolute atomic E-state index is 13.3. The second-order valence-electron chi connectivity index (χ2n) is 6.76. The molecule has 0 radical (unpaired) electrons.